The maximum atomic E-state index is 12.2. The fourth-order valence-electron chi connectivity index (χ4n) is 1.90. The van der Waals surface area contributed by atoms with Crippen LogP contribution in [0.25, 0.3) is 10.8 Å². The Morgan fingerprint density at radius 1 is 1.19 bits per heavy atom. The molecular formula is C16H18N2O3. The molecule has 0 saturated heterocycles. The van der Waals surface area contributed by atoms with Gasteiger partial charge in [-0.25, -0.2) is 4.79 Å². The average molecular weight is 286 g/mol. The number of nitrogens with one attached hydrogen (secondary N) is 1. The fraction of sp³-hybridized carbons (Fsp3) is 0.250. The minimum Gasteiger partial charge on any atom is -0.478 e. The first-order valence-electron chi connectivity index (χ1n) is 6.63. The summed E-state index contributed by atoms with van der Waals surface area (Å²) in [6, 6.07) is 10.6. The number of carbonyl (C=O) groups excluding carboxylic acids is 1. The van der Waals surface area contributed by atoms with Crippen LogP contribution in [0.3, 0.4) is 0 Å². The number of benzene rings is 2. The predicted molar refractivity (Wildman–Crippen MR) is 82.4 cm³/mol. The molecule has 0 saturated carbocycles. The van der Waals surface area contributed by atoms with Crippen molar-refractivity contribution in [2.45, 2.75) is 13.8 Å². The van der Waals surface area contributed by atoms with Crippen molar-refractivity contribution in [1.29, 1.82) is 0 Å². The van der Waals surface area contributed by atoms with Crippen LogP contribution < -0.4 is 11.1 Å². The van der Waals surface area contributed by atoms with Crippen LogP contribution in [-0.4, -0.2) is 23.5 Å². The Bertz CT molecular complexity index is 708. The molecule has 0 aliphatic heterocycles. The first-order chi connectivity index (χ1) is 9.85. The molecule has 0 bridgehead atoms. The summed E-state index contributed by atoms with van der Waals surface area (Å²) in [7, 11) is 0. The van der Waals surface area contributed by atoms with E-state index in [2.05, 4.69) is 5.32 Å². The number of rotatable bonds is 4. The second kappa shape index (κ2) is 5.54. The summed E-state index contributed by atoms with van der Waals surface area (Å²) < 4.78 is 0. The molecule has 0 radical (unpaired) electrons. The van der Waals surface area contributed by atoms with E-state index < -0.39 is 11.4 Å². The molecule has 5 heteroatoms. The minimum absolute atomic E-state index is 0.0647. The predicted octanol–water partition coefficient (Wildman–Crippen LogP) is 2.46. The number of hydrogen-bond acceptors (Lipinski definition) is 3. The summed E-state index contributed by atoms with van der Waals surface area (Å²) in [4.78, 5) is 23.6. The number of carboxylic acid groups (broad SMARTS) is 1. The van der Waals surface area contributed by atoms with Crippen molar-refractivity contribution in [2.24, 2.45) is 11.1 Å². The van der Waals surface area contributed by atoms with Gasteiger partial charge in [-0.15, -0.1) is 0 Å². The highest BCUT2D eigenvalue weighted by Gasteiger charge is 2.27. The van der Waals surface area contributed by atoms with E-state index in [0.717, 1.165) is 10.8 Å². The largest absolute Gasteiger partial charge is 0.478 e. The molecule has 4 N–H and O–H groups in total. The molecule has 1 amide bonds. The molecule has 0 aliphatic carbocycles. The van der Waals surface area contributed by atoms with Crippen molar-refractivity contribution < 1.29 is 14.7 Å². The van der Waals surface area contributed by atoms with E-state index >= 15 is 0 Å². The molecule has 110 valence electrons. The van der Waals surface area contributed by atoms with Crippen LogP contribution in [0, 0.1) is 5.41 Å². The summed E-state index contributed by atoms with van der Waals surface area (Å²) in [5.41, 5.74) is 5.16. The molecular weight excluding hydrogens is 268 g/mol. The summed E-state index contributed by atoms with van der Waals surface area (Å²) in [6.45, 7) is 3.60. The Balaban J connectivity index is 2.49. The van der Waals surface area contributed by atoms with Crippen LogP contribution >= 0.6 is 0 Å². The molecule has 2 rings (SSSR count). The van der Waals surface area contributed by atoms with E-state index in [1.54, 1.807) is 26.0 Å². The summed E-state index contributed by atoms with van der Waals surface area (Å²) >= 11 is 0. The summed E-state index contributed by atoms with van der Waals surface area (Å²) in [6.07, 6.45) is 0. The Labute approximate surface area is 122 Å². The molecule has 0 aromatic heterocycles. The van der Waals surface area contributed by atoms with Gasteiger partial charge in [0.1, 0.15) is 0 Å². The average Bonchev–Trinajstić information content (AvgIpc) is 2.46. The molecule has 0 unspecified atom stereocenters. The van der Waals surface area contributed by atoms with Crippen molar-refractivity contribution in [3.63, 3.8) is 0 Å². The number of anilines is 1. The van der Waals surface area contributed by atoms with E-state index in [-0.39, 0.29) is 23.7 Å². The van der Waals surface area contributed by atoms with Gasteiger partial charge in [0.15, 0.2) is 0 Å². The highest BCUT2D eigenvalue weighted by atomic mass is 16.4. The molecule has 0 spiro atoms. The van der Waals surface area contributed by atoms with Crippen LogP contribution in [0.2, 0.25) is 0 Å². The van der Waals surface area contributed by atoms with Gasteiger partial charge in [-0.2, -0.15) is 0 Å². The molecule has 0 aliphatic rings. The van der Waals surface area contributed by atoms with Crippen LogP contribution in [0.1, 0.15) is 24.2 Å². The lowest BCUT2D eigenvalue weighted by Crippen LogP contribution is -2.37. The van der Waals surface area contributed by atoms with Gasteiger partial charge in [-0.05, 0) is 36.8 Å². The van der Waals surface area contributed by atoms with E-state index in [9.17, 15) is 14.7 Å². The van der Waals surface area contributed by atoms with Crippen molar-refractivity contribution in [1.82, 2.24) is 0 Å². The standard InChI is InChI=1S/C16H18N2O3/c1-16(2,9-17)15(21)18-13-8-11-6-4-3-5-10(11)7-12(13)14(19)20/h3-8H,9,17H2,1-2H3,(H,18,21)(H,19,20). The third-order valence-corrected chi connectivity index (χ3v) is 3.49. The van der Waals surface area contributed by atoms with Gasteiger partial charge >= 0.3 is 5.97 Å². The number of aromatic carboxylic acids is 1. The SMILES string of the molecule is CC(C)(CN)C(=O)Nc1cc2ccccc2cc1C(=O)O. The lowest BCUT2D eigenvalue weighted by molar-refractivity contribution is -0.123. The fourth-order valence-corrected chi connectivity index (χ4v) is 1.90. The van der Waals surface area contributed by atoms with Gasteiger partial charge in [0, 0.05) is 6.54 Å². The molecule has 2 aromatic rings. The van der Waals surface area contributed by atoms with Gasteiger partial charge in [-0.3, -0.25) is 4.79 Å². The zero-order valence-corrected chi connectivity index (χ0v) is 12.0. The lowest BCUT2D eigenvalue weighted by Gasteiger charge is -2.22. The second-order valence-corrected chi connectivity index (χ2v) is 5.59. The lowest BCUT2D eigenvalue weighted by atomic mass is 9.92. The first kappa shape index (κ1) is 15.0. The quantitative estimate of drug-likeness (QED) is 0.805. The molecule has 21 heavy (non-hydrogen) atoms. The van der Waals surface area contributed by atoms with E-state index in [0.29, 0.717) is 0 Å². The normalized spacial score (nSPS) is 11.4. The van der Waals surface area contributed by atoms with Gasteiger partial charge < -0.3 is 16.2 Å². The number of hydrogen-bond donors (Lipinski definition) is 3. The van der Waals surface area contributed by atoms with E-state index in [1.165, 1.54) is 0 Å². The number of carbonyl (C=O) groups is 2. The van der Waals surface area contributed by atoms with Crippen LogP contribution in [0.5, 0.6) is 0 Å². The zero-order valence-electron chi connectivity index (χ0n) is 12.0. The highest BCUT2D eigenvalue weighted by Crippen LogP contribution is 2.26. The van der Waals surface area contributed by atoms with Gasteiger partial charge in [0.05, 0.1) is 16.7 Å². The summed E-state index contributed by atoms with van der Waals surface area (Å²) in [5, 5.41) is 13.7. The number of amides is 1. The Morgan fingerprint density at radius 2 is 1.76 bits per heavy atom. The Morgan fingerprint density at radius 3 is 2.29 bits per heavy atom. The monoisotopic (exact) mass is 286 g/mol. The van der Waals surface area contributed by atoms with Crippen molar-refractivity contribution in [3.8, 4) is 0 Å². The molecule has 0 atom stereocenters. The topological polar surface area (TPSA) is 92.4 Å². The van der Waals surface area contributed by atoms with Gasteiger partial charge in [-0.1, -0.05) is 24.3 Å². The van der Waals surface area contributed by atoms with Crippen molar-refractivity contribution in [3.05, 3.63) is 42.0 Å². The van der Waals surface area contributed by atoms with Gasteiger partial charge in [0.2, 0.25) is 5.91 Å². The van der Waals surface area contributed by atoms with E-state index in [1.807, 2.05) is 24.3 Å². The Kier molecular flexibility index (Phi) is 3.95. The molecule has 5 nitrogen and oxygen atoms in total. The second-order valence-electron chi connectivity index (χ2n) is 5.59. The maximum Gasteiger partial charge on any atom is 0.337 e. The number of carboxylic acids is 1. The smallest absolute Gasteiger partial charge is 0.337 e. The summed E-state index contributed by atoms with van der Waals surface area (Å²) in [5.74, 6) is -1.38. The zero-order chi connectivity index (χ0) is 15.6. The molecule has 0 heterocycles. The minimum atomic E-state index is -1.08. The van der Waals surface area contributed by atoms with Crippen molar-refractivity contribution >= 4 is 28.3 Å². The third-order valence-electron chi connectivity index (χ3n) is 3.49. The molecule has 0 fully saturated rings. The van der Waals surface area contributed by atoms with Crippen LogP contribution in [-0.2, 0) is 4.79 Å². The number of nitrogens with two attached hydrogens (primary N) is 1. The first-order valence-corrected chi connectivity index (χ1v) is 6.63. The maximum absolute atomic E-state index is 12.2. The Hall–Kier alpha value is -2.40. The van der Waals surface area contributed by atoms with Gasteiger partial charge in [0.25, 0.3) is 0 Å². The van der Waals surface area contributed by atoms with Crippen LogP contribution in [0.4, 0.5) is 5.69 Å². The molecule has 2 aromatic carbocycles. The highest BCUT2D eigenvalue weighted by molar-refractivity contribution is 6.06. The number of fused-ring (bicyclic) bond motifs is 1. The van der Waals surface area contributed by atoms with Crippen molar-refractivity contribution in [2.75, 3.05) is 11.9 Å². The van der Waals surface area contributed by atoms with Crippen LogP contribution in [0.15, 0.2) is 36.4 Å². The van der Waals surface area contributed by atoms with E-state index in [4.69, 9.17) is 5.73 Å². The third kappa shape index (κ3) is 3.03.